The first-order chi connectivity index (χ1) is 16.4. The lowest BCUT2D eigenvalue weighted by atomic mass is 10.1. The summed E-state index contributed by atoms with van der Waals surface area (Å²) >= 11 is 0. The Balaban J connectivity index is 1.78. The van der Waals surface area contributed by atoms with Crippen molar-refractivity contribution in [3.63, 3.8) is 0 Å². The summed E-state index contributed by atoms with van der Waals surface area (Å²) in [7, 11) is 0. The van der Waals surface area contributed by atoms with Crippen molar-refractivity contribution in [2.24, 2.45) is 0 Å². The molecule has 34 heavy (non-hydrogen) atoms. The first-order valence-corrected chi connectivity index (χ1v) is 10.9. The maximum absolute atomic E-state index is 13.3. The van der Waals surface area contributed by atoms with E-state index in [0.29, 0.717) is 24.3 Å². The smallest absolute Gasteiger partial charge is 0.273 e. The third-order valence-corrected chi connectivity index (χ3v) is 5.41. The molecule has 0 fully saturated rings. The monoisotopic (exact) mass is 461 g/mol. The Hall–Kier alpha value is -4.20. The second-order valence-corrected chi connectivity index (χ2v) is 7.86. The van der Waals surface area contributed by atoms with Gasteiger partial charge in [-0.1, -0.05) is 42.5 Å². The van der Waals surface area contributed by atoms with Crippen LogP contribution in [0.1, 0.15) is 27.2 Å². The summed E-state index contributed by atoms with van der Waals surface area (Å²) in [6, 6.07) is 17.7. The Morgan fingerprint density at radius 3 is 2.50 bits per heavy atom. The van der Waals surface area contributed by atoms with E-state index in [0.717, 1.165) is 5.56 Å². The van der Waals surface area contributed by atoms with Gasteiger partial charge in [-0.25, -0.2) is 0 Å². The molecule has 3 rings (SSSR count). The molecule has 0 N–H and O–H groups in total. The van der Waals surface area contributed by atoms with Gasteiger partial charge in [-0.2, -0.15) is 0 Å². The average Bonchev–Trinajstić information content (AvgIpc) is 3.35. The van der Waals surface area contributed by atoms with E-state index < -0.39 is 10.8 Å². The molecule has 0 atom stereocenters. The molecule has 2 amide bonds. The van der Waals surface area contributed by atoms with Gasteiger partial charge in [0.1, 0.15) is 12.3 Å². The molecule has 8 heteroatoms. The van der Waals surface area contributed by atoms with Crippen LogP contribution in [0.4, 0.5) is 5.69 Å². The van der Waals surface area contributed by atoms with Crippen molar-refractivity contribution in [1.82, 2.24) is 9.80 Å². The van der Waals surface area contributed by atoms with Crippen molar-refractivity contribution in [2.45, 2.75) is 19.9 Å². The summed E-state index contributed by atoms with van der Waals surface area (Å²) in [6.45, 7) is 5.93. The largest absolute Gasteiger partial charge is 0.467 e. The minimum absolute atomic E-state index is 0.125. The fourth-order valence-corrected chi connectivity index (χ4v) is 3.55. The Morgan fingerprint density at radius 1 is 1.09 bits per heavy atom. The molecule has 0 radical (unpaired) electrons. The number of hydrogen-bond donors (Lipinski definition) is 0. The fourth-order valence-electron chi connectivity index (χ4n) is 3.55. The number of nitro groups is 1. The summed E-state index contributed by atoms with van der Waals surface area (Å²) in [5, 5.41) is 11.3. The molecule has 0 aliphatic heterocycles. The standard InChI is InChI=1S/C26H27N3O5/c1-3-14-28(26(31)22-12-11-20(2)24(17-22)29(32)33)19-25(30)27(18-23-10-7-16-34-23)15-13-21-8-5-4-6-9-21/h3-12,16-17H,1,13-15,18-19H2,2H3. The molecule has 0 bridgehead atoms. The van der Waals surface area contributed by atoms with E-state index in [-0.39, 0.29) is 36.8 Å². The summed E-state index contributed by atoms with van der Waals surface area (Å²) in [5.41, 5.74) is 1.55. The summed E-state index contributed by atoms with van der Waals surface area (Å²) in [6.07, 6.45) is 3.72. The lowest BCUT2D eigenvalue weighted by Gasteiger charge is -2.27. The highest BCUT2D eigenvalue weighted by Crippen LogP contribution is 2.20. The highest BCUT2D eigenvalue weighted by molar-refractivity contribution is 5.97. The van der Waals surface area contributed by atoms with Crippen molar-refractivity contribution in [3.05, 3.63) is 112 Å². The van der Waals surface area contributed by atoms with Crippen LogP contribution < -0.4 is 0 Å². The first kappa shape index (κ1) is 24.4. The van der Waals surface area contributed by atoms with Gasteiger partial charge in [0.15, 0.2) is 0 Å². The van der Waals surface area contributed by atoms with Crippen LogP contribution >= 0.6 is 0 Å². The van der Waals surface area contributed by atoms with Crippen LogP contribution in [0.3, 0.4) is 0 Å². The number of benzene rings is 2. The summed E-state index contributed by atoms with van der Waals surface area (Å²) in [4.78, 5) is 40.2. The van der Waals surface area contributed by atoms with Gasteiger partial charge in [0.2, 0.25) is 5.91 Å². The van der Waals surface area contributed by atoms with Crippen LogP contribution in [-0.4, -0.2) is 46.2 Å². The molecule has 0 aliphatic carbocycles. The molecule has 2 aromatic carbocycles. The summed E-state index contributed by atoms with van der Waals surface area (Å²) in [5.74, 6) is -0.0985. The molecule has 1 aromatic heterocycles. The molecule has 0 saturated carbocycles. The number of aryl methyl sites for hydroxylation is 1. The van der Waals surface area contributed by atoms with Gasteiger partial charge >= 0.3 is 0 Å². The minimum atomic E-state index is -0.524. The van der Waals surface area contributed by atoms with Gasteiger partial charge in [-0.3, -0.25) is 19.7 Å². The molecule has 0 saturated heterocycles. The van der Waals surface area contributed by atoms with Gasteiger partial charge in [-0.15, -0.1) is 6.58 Å². The molecular weight excluding hydrogens is 434 g/mol. The van der Waals surface area contributed by atoms with Gasteiger partial charge in [0, 0.05) is 30.3 Å². The van der Waals surface area contributed by atoms with Gasteiger partial charge < -0.3 is 14.2 Å². The Kier molecular flexibility index (Phi) is 8.34. The van der Waals surface area contributed by atoms with Crippen molar-refractivity contribution < 1.29 is 18.9 Å². The zero-order valence-electron chi connectivity index (χ0n) is 19.1. The van der Waals surface area contributed by atoms with E-state index >= 15 is 0 Å². The quantitative estimate of drug-likeness (QED) is 0.240. The van der Waals surface area contributed by atoms with Crippen LogP contribution in [0.15, 0.2) is 84.0 Å². The molecule has 176 valence electrons. The molecule has 1 heterocycles. The molecule has 3 aromatic rings. The van der Waals surface area contributed by atoms with Gasteiger partial charge in [-0.05, 0) is 37.1 Å². The minimum Gasteiger partial charge on any atom is -0.467 e. The lowest BCUT2D eigenvalue weighted by molar-refractivity contribution is -0.385. The maximum atomic E-state index is 13.3. The Labute approximate surface area is 198 Å². The van der Waals surface area contributed by atoms with Crippen LogP contribution in [0.25, 0.3) is 0 Å². The number of hydrogen-bond acceptors (Lipinski definition) is 5. The number of carbonyl (C=O) groups is 2. The van der Waals surface area contributed by atoms with Crippen molar-refractivity contribution in [1.29, 1.82) is 0 Å². The second kappa shape index (κ2) is 11.6. The first-order valence-electron chi connectivity index (χ1n) is 10.9. The third-order valence-electron chi connectivity index (χ3n) is 5.41. The lowest BCUT2D eigenvalue weighted by Crippen LogP contribution is -2.43. The topological polar surface area (TPSA) is 96.9 Å². The Morgan fingerprint density at radius 2 is 1.85 bits per heavy atom. The third kappa shape index (κ3) is 6.41. The van der Waals surface area contributed by atoms with Crippen LogP contribution in [-0.2, 0) is 17.8 Å². The normalized spacial score (nSPS) is 10.5. The van der Waals surface area contributed by atoms with E-state index in [1.165, 1.54) is 29.2 Å². The van der Waals surface area contributed by atoms with Crippen LogP contribution in [0.5, 0.6) is 0 Å². The van der Waals surface area contributed by atoms with Gasteiger partial charge in [0.05, 0.1) is 17.7 Å². The van der Waals surface area contributed by atoms with Crippen molar-refractivity contribution in [2.75, 3.05) is 19.6 Å². The second-order valence-electron chi connectivity index (χ2n) is 7.86. The number of rotatable bonds is 11. The van der Waals surface area contributed by atoms with Crippen LogP contribution in [0.2, 0.25) is 0 Å². The predicted octanol–water partition coefficient (Wildman–Crippen LogP) is 4.40. The summed E-state index contributed by atoms with van der Waals surface area (Å²) < 4.78 is 5.43. The highest BCUT2D eigenvalue weighted by Gasteiger charge is 2.24. The fraction of sp³-hybridized carbons (Fsp3) is 0.231. The van der Waals surface area contributed by atoms with Crippen molar-refractivity contribution >= 4 is 17.5 Å². The van der Waals surface area contributed by atoms with Crippen molar-refractivity contribution in [3.8, 4) is 0 Å². The number of nitrogens with zero attached hydrogens (tertiary/aromatic N) is 3. The molecule has 8 nitrogen and oxygen atoms in total. The number of nitro benzene ring substituents is 1. The van der Waals surface area contributed by atoms with E-state index in [4.69, 9.17) is 4.42 Å². The number of amides is 2. The van der Waals surface area contributed by atoms with Gasteiger partial charge in [0.25, 0.3) is 11.6 Å². The molecular formula is C26H27N3O5. The average molecular weight is 462 g/mol. The van der Waals surface area contributed by atoms with E-state index in [1.54, 1.807) is 30.2 Å². The highest BCUT2D eigenvalue weighted by atomic mass is 16.6. The number of carbonyl (C=O) groups excluding carboxylic acids is 2. The zero-order valence-corrected chi connectivity index (χ0v) is 19.1. The zero-order chi connectivity index (χ0) is 24.5. The maximum Gasteiger partial charge on any atom is 0.273 e. The molecule has 0 aliphatic rings. The number of furan rings is 1. The van der Waals surface area contributed by atoms with E-state index in [2.05, 4.69) is 6.58 Å². The Bertz CT molecular complexity index is 1140. The van der Waals surface area contributed by atoms with E-state index in [1.807, 2.05) is 30.3 Å². The SMILES string of the molecule is C=CCN(CC(=O)N(CCc1ccccc1)Cc1ccco1)C(=O)c1ccc(C)c([N+](=O)[O-])c1. The van der Waals surface area contributed by atoms with E-state index in [9.17, 15) is 19.7 Å². The predicted molar refractivity (Wildman–Crippen MR) is 128 cm³/mol. The molecule has 0 spiro atoms. The van der Waals surface area contributed by atoms with Crippen LogP contribution in [0, 0.1) is 17.0 Å². The molecule has 0 unspecified atom stereocenters.